The number of carbonyl (C=O) groups is 2. The highest BCUT2D eigenvalue weighted by atomic mass is 32.2. The summed E-state index contributed by atoms with van der Waals surface area (Å²) in [5.41, 5.74) is 7.09. The maximum absolute atomic E-state index is 13.2. The Morgan fingerprint density at radius 3 is 2.03 bits per heavy atom. The molecule has 7 heteroatoms. The number of nitrogens with two attached hydrogens (primary N) is 1. The van der Waals surface area contributed by atoms with E-state index in [9.17, 15) is 18.0 Å². The Hall–Kier alpha value is -3.45. The maximum atomic E-state index is 13.2. The quantitative estimate of drug-likeness (QED) is 0.557. The summed E-state index contributed by atoms with van der Waals surface area (Å²) >= 11 is 0. The number of primary amides is 1. The minimum atomic E-state index is -3.62. The van der Waals surface area contributed by atoms with Gasteiger partial charge in [-0.25, -0.2) is 8.42 Å². The number of hydrogen-bond acceptors (Lipinski definition) is 4. The fourth-order valence-corrected chi connectivity index (χ4v) is 4.57. The van der Waals surface area contributed by atoms with Crippen LogP contribution in [-0.2, 0) is 26.9 Å². The van der Waals surface area contributed by atoms with Crippen LogP contribution in [0, 0.1) is 0 Å². The molecule has 6 nitrogen and oxygen atoms in total. The zero-order valence-corrected chi connectivity index (χ0v) is 17.8. The molecule has 0 fully saturated rings. The molecule has 0 heterocycles. The summed E-state index contributed by atoms with van der Waals surface area (Å²) < 4.78 is 25.7. The molecule has 160 valence electrons. The second-order valence-electron chi connectivity index (χ2n) is 7.20. The van der Waals surface area contributed by atoms with E-state index in [0.29, 0.717) is 5.56 Å². The Bertz CT molecular complexity index is 1150. The lowest BCUT2D eigenvalue weighted by atomic mass is 10.1. The van der Waals surface area contributed by atoms with Gasteiger partial charge in [-0.1, -0.05) is 66.7 Å². The van der Waals surface area contributed by atoms with E-state index in [1.165, 1.54) is 17.0 Å². The van der Waals surface area contributed by atoms with Gasteiger partial charge < -0.3 is 10.6 Å². The summed E-state index contributed by atoms with van der Waals surface area (Å²) in [6.45, 7) is 0.429. The van der Waals surface area contributed by atoms with Crippen molar-refractivity contribution in [1.29, 1.82) is 0 Å². The fraction of sp³-hybridized carbons (Fsp3) is 0.167. The van der Waals surface area contributed by atoms with E-state index in [1.807, 2.05) is 36.4 Å². The number of rotatable bonds is 9. The van der Waals surface area contributed by atoms with Crippen molar-refractivity contribution in [3.63, 3.8) is 0 Å². The largest absolute Gasteiger partial charge is 0.370 e. The van der Waals surface area contributed by atoms with Crippen LogP contribution in [0.25, 0.3) is 0 Å². The number of carbonyl (C=O) groups excluding carboxylic acids is 2. The summed E-state index contributed by atoms with van der Waals surface area (Å²) in [6.07, 6.45) is 0.0184. The first-order valence-electron chi connectivity index (χ1n) is 9.83. The molecule has 0 radical (unpaired) electrons. The van der Waals surface area contributed by atoms with Crippen molar-refractivity contribution < 1.29 is 18.0 Å². The summed E-state index contributed by atoms with van der Waals surface area (Å²) in [7, 11) is -3.62. The molecule has 0 aliphatic carbocycles. The number of nitrogens with zero attached hydrogens (tertiary/aromatic N) is 1. The van der Waals surface area contributed by atoms with Crippen LogP contribution in [0.1, 0.15) is 27.9 Å². The molecular weight excluding hydrogens is 412 g/mol. The van der Waals surface area contributed by atoms with Crippen molar-refractivity contribution in [3.05, 3.63) is 102 Å². The van der Waals surface area contributed by atoms with E-state index in [0.717, 1.165) is 5.56 Å². The molecule has 3 aromatic rings. The standard InChI is InChI=1S/C24H24N2O4S/c25-23(27)14-15-26(17-19-8-3-1-4-9-19)24(28)21-12-7-13-22(16-21)31(29,30)18-20-10-5-2-6-11-20/h1-13,16H,14-15,17-18H2,(H2,25,27). The van der Waals surface area contributed by atoms with Gasteiger partial charge in [0.15, 0.2) is 9.84 Å². The van der Waals surface area contributed by atoms with E-state index in [2.05, 4.69) is 0 Å². The Morgan fingerprint density at radius 2 is 1.42 bits per heavy atom. The minimum absolute atomic E-state index is 0.0184. The highest BCUT2D eigenvalue weighted by Gasteiger charge is 2.21. The summed E-state index contributed by atoms with van der Waals surface area (Å²) in [4.78, 5) is 26.0. The van der Waals surface area contributed by atoms with Crippen LogP contribution in [-0.4, -0.2) is 31.7 Å². The van der Waals surface area contributed by atoms with Gasteiger partial charge in [0, 0.05) is 25.1 Å². The van der Waals surface area contributed by atoms with Crippen molar-refractivity contribution in [2.75, 3.05) is 6.54 Å². The molecule has 0 saturated carbocycles. The van der Waals surface area contributed by atoms with E-state index in [4.69, 9.17) is 5.73 Å². The molecule has 31 heavy (non-hydrogen) atoms. The molecule has 0 aliphatic rings. The molecule has 2 N–H and O–H groups in total. The van der Waals surface area contributed by atoms with E-state index in [1.54, 1.807) is 36.4 Å². The lowest BCUT2D eigenvalue weighted by molar-refractivity contribution is -0.118. The third-order valence-corrected chi connectivity index (χ3v) is 6.46. The number of benzene rings is 3. The molecule has 3 aromatic carbocycles. The van der Waals surface area contributed by atoms with Crippen LogP contribution in [0.2, 0.25) is 0 Å². The van der Waals surface area contributed by atoms with Crippen molar-refractivity contribution in [3.8, 4) is 0 Å². The highest BCUT2D eigenvalue weighted by molar-refractivity contribution is 7.90. The zero-order valence-electron chi connectivity index (χ0n) is 17.0. The Labute approximate surface area is 182 Å². The van der Waals surface area contributed by atoms with E-state index in [-0.39, 0.29) is 41.6 Å². The molecule has 0 aliphatic heterocycles. The van der Waals surface area contributed by atoms with Crippen LogP contribution in [0.4, 0.5) is 0 Å². The normalized spacial score (nSPS) is 11.1. The first kappa shape index (κ1) is 22.2. The van der Waals surface area contributed by atoms with Gasteiger partial charge in [0.1, 0.15) is 0 Å². The van der Waals surface area contributed by atoms with Crippen molar-refractivity contribution >= 4 is 21.7 Å². The lowest BCUT2D eigenvalue weighted by Gasteiger charge is -2.23. The number of amides is 2. The van der Waals surface area contributed by atoms with Crippen molar-refractivity contribution in [1.82, 2.24) is 4.90 Å². The minimum Gasteiger partial charge on any atom is -0.370 e. The molecule has 0 aromatic heterocycles. The first-order valence-corrected chi connectivity index (χ1v) is 11.5. The van der Waals surface area contributed by atoms with Gasteiger partial charge in [-0.2, -0.15) is 0 Å². The maximum Gasteiger partial charge on any atom is 0.254 e. The van der Waals surface area contributed by atoms with Crippen molar-refractivity contribution in [2.45, 2.75) is 23.6 Å². The van der Waals surface area contributed by atoms with Crippen LogP contribution in [0.15, 0.2) is 89.8 Å². The molecular formula is C24H24N2O4S. The van der Waals surface area contributed by atoms with Gasteiger partial charge in [0.2, 0.25) is 5.91 Å². The predicted octanol–water partition coefficient (Wildman–Crippen LogP) is 3.18. The Morgan fingerprint density at radius 1 is 0.806 bits per heavy atom. The average molecular weight is 437 g/mol. The molecule has 0 spiro atoms. The van der Waals surface area contributed by atoms with Gasteiger partial charge in [0.25, 0.3) is 5.91 Å². The molecule has 0 atom stereocenters. The third kappa shape index (κ3) is 6.26. The molecule has 0 unspecified atom stereocenters. The first-order chi connectivity index (χ1) is 14.8. The van der Waals surface area contributed by atoms with Gasteiger partial charge >= 0.3 is 0 Å². The summed E-state index contributed by atoms with van der Waals surface area (Å²) in [5, 5.41) is 0. The van der Waals surface area contributed by atoms with E-state index >= 15 is 0 Å². The fourth-order valence-electron chi connectivity index (χ4n) is 3.18. The zero-order chi connectivity index (χ0) is 22.3. The Kier molecular flexibility index (Phi) is 7.20. The molecule has 0 saturated heterocycles. The summed E-state index contributed by atoms with van der Waals surface area (Å²) in [6, 6.07) is 24.3. The topological polar surface area (TPSA) is 97.5 Å². The smallest absolute Gasteiger partial charge is 0.254 e. The average Bonchev–Trinajstić information content (AvgIpc) is 2.77. The van der Waals surface area contributed by atoms with Crippen LogP contribution < -0.4 is 5.73 Å². The van der Waals surface area contributed by atoms with Gasteiger partial charge in [-0.15, -0.1) is 0 Å². The molecule has 0 bridgehead atoms. The predicted molar refractivity (Wildman–Crippen MR) is 119 cm³/mol. The Balaban J connectivity index is 1.85. The monoisotopic (exact) mass is 436 g/mol. The van der Waals surface area contributed by atoms with Crippen molar-refractivity contribution in [2.24, 2.45) is 5.73 Å². The second kappa shape index (κ2) is 10.0. The van der Waals surface area contributed by atoms with Crippen LogP contribution in [0.3, 0.4) is 0 Å². The van der Waals surface area contributed by atoms with Gasteiger partial charge in [-0.05, 0) is 29.3 Å². The molecule has 2 amide bonds. The third-order valence-electron chi connectivity index (χ3n) is 4.77. The van der Waals surface area contributed by atoms with Crippen LogP contribution in [0.5, 0.6) is 0 Å². The SMILES string of the molecule is NC(=O)CCN(Cc1ccccc1)C(=O)c1cccc(S(=O)(=O)Cc2ccccc2)c1. The summed E-state index contributed by atoms with van der Waals surface area (Å²) in [5.74, 6) is -1.02. The van der Waals surface area contributed by atoms with E-state index < -0.39 is 15.7 Å². The highest BCUT2D eigenvalue weighted by Crippen LogP contribution is 2.19. The second-order valence-corrected chi connectivity index (χ2v) is 9.19. The lowest BCUT2D eigenvalue weighted by Crippen LogP contribution is -2.33. The van der Waals surface area contributed by atoms with Gasteiger partial charge in [-0.3, -0.25) is 9.59 Å². The molecule has 3 rings (SSSR count). The number of hydrogen-bond donors (Lipinski definition) is 1. The number of sulfone groups is 1. The van der Waals surface area contributed by atoms with Crippen LogP contribution >= 0.6 is 0 Å². The van der Waals surface area contributed by atoms with Gasteiger partial charge in [0.05, 0.1) is 10.6 Å².